The van der Waals surface area contributed by atoms with Crippen LogP contribution in [0.2, 0.25) is 0 Å². The zero-order chi connectivity index (χ0) is 12.0. The van der Waals surface area contributed by atoms with Crippen LogP contribution in [0.3, 0.4) is 0 Å². The van der Waals surface area contributed by atoms with Crippen molar-refractivity contribution in [3.05, 3.63) is 0 Å². The summed E-state index contributed by atoms with van der Waals surface area (Å²) in [4.78, 5) is 0. The van der Waals surface area contributed by atoms with E-state index in [0.29, 0.717) is 6.54 Å². The molecule has 1 aliphatic carbocycles. The lowest BCUT2D eigenvalue weighted by atomic mass is 9.92. The first kappa shape index (κ1) is 13.9. The van der Waals surface area contributed by atoms with Crippen molar-refractivity contribution in [3.8, 4) is 0 Å². The number of aliphatic hydroxyl groups is 1. The number of hydrogen-bond donors (Lipinski definition) is 2. The molecule has 0 heterocycles. The maximum atomic E-state index is 9.98. The van der Waals surface area contributed by atoms with Gasteiger partial charge in [-0.25, -0.2) is 0 Å². The fraction of sp³-hybridized carbons (Fsp3) is 1.00. The Balaban J connectivity index is 1.86. The molecule has 1 aliphatic rings. The predicted octanol–water partition coefficient (Wildman–Crippen LogP) is 1.80. The Morgan fingerprint density at radius 2 is 2.12 bits per heavy atom. The molecular weight excluding hydrogens is 202 g/mol. The van der Waals surface area contributed by atoms with Crippen molar-refractivity contribution in [2.24, 2.45) is 11.8 Å². The molecule has 2 N–H and O–H groups in total. The molecule has 16 heavy (non-hydrogen) atoms. The molecule has 3 nitrogen and oxygen atoms in total. The van der Waals surface area contributed by atoms with Crippen molar-refractivity contribution in [2.45, 2.75) is 45.6 Å². The molecule has 96 valence electrons. The average molecular weight is 229 g/mol. The van der Waals surface area contributed by atoms with E-state index in [0.717, 1.165) is 32.1 Å². The van der Waals surface area contributed by atoms with E-state index in [1.54, 1.807) is 0 Å². The lowest BCUT2D eigenvalue weighted by Crippen LogP contribution is -2.42. The van der Waals surface area contributed by atoms with E-state index in [9.17, 15) is 5.11 Å². The Bertz CT molecular complexity index is 188. The molecule has 0 aromatic carbocycles. The number of hydrogen-bond acceptors (Lipinski definition) is 3. The van der Waals surface area contributed by atoms with Crippen LogP contribution in [0.5, 0.6) is 0 Å². The summed E-state index contributed by atoms with van der Waals surface area (Å²) in [6, 6.07) is 0. The molecule has 0 aromatic rings. The van der Waals surface area contributed by atoms with Crippen LogP contribution in [0.25, 0.3) is 0 Å². The molecule has 0 saturated heterocycles. The van der Waals surface area contributed by atoms with Crippen LogP contribution >= 0.6 is 0 Å². The van der Waals surface area contributed by atoms with Gasteiger partial charge in [0, 0.05) is 19.8 Å². The zero-order valence-corrected chi connectivity index (χ0v) is 11.0. The minimum absolute atomic E-state index is 0.283. The second kappa shape index (κ2) is 6.58. The van der Waals surface area contributed by atoms with Gasteiger partial charge in [0.1, 0.15) is 0 Å². The van der Waals surface area contributed by atoms with Crippen molar-refractivity contribution in [1.29, 1.82) is 0 Å². The van der Waals surface area contributed by atoms with E-state index < -0.39 is 5.60 Å². The van der Waals surface area contributed by atoms with Gasteiger partial charge in [0.05, 0.1) is 5.60 Å². The molecule has 1 unspecified atom stereocenters. The summed E-state index contributed by atoms with van der Waals surface area (Å²) in [5, 5.41) is 13.3. The smallest absolute Gasteiger partial charge is 0.0766 e. The normalized spacial score (nSPS) is 20.1. The number of ether oxygens (including phenoxy) is 1. The Morgan fingerprint density at radius 1 is 1.44 bits per heavy atom. The third-order valence-corrected chi connectivity index (χ3v) is 3.42. The highest BCUT2D eigenvalue weighted by Gasteiger charge is 2.23. The minimum atomic E-state index is -0.602. The zero-order valence-electron chi connectivity index (χ0n) is 11.0. The molecule has 1 atom stereocenters. The quantitative estimate of drug-likeness (QED) is 0.592. The first-order chi connectivity index (χ1) is 7.52. The fourth-order valence-electron chi connectivity index (χ4n) is 1.38. The summed E-state index contributed by atoms with van der Waals surface area (Å²) in [6.45, 7) is 9.34. The van der Waals surface area contributed by atoms with Crippen LogP contribution < -0.4 is 5.32 Å². The van der Waals surface area contributed by atoms with Crippen LogP contribution in [0.15, 0.2) is 0 Å². The lowest BCUT2D eigenvalue weighted by Gasteiger charge is -2.27. The highest BCUT2D eigenvalue weighted by atomic mass is 16.5. The monoisotopic (exact) mass is 229 g/mol. The maximum absolute atomic E-state index is 9.98. The summed E-state index contributed by atoms with van der Waals surface area (Å²) in [5.74, 6) is 1.14. The van der Waals surface area contributed by atoms with Gasteiger partial charge in [-0.3, -0.25) is 0 Å². The SMILES string of the molecule is CC(C)C(C)(O)CNCCCOCC1CC1. The van der Waals surface area contributed by atoms with Crippen LogP contribution in [-0.2, 0) is 4.74 Å². The van der Waals surface area contributed by atoms with Gasteiger partial charge in [-0.2, -0.15) is 0 Å². The van der Waals surface area contributed by atoms with E-state index in [2.05, 4.69) is 5.32 Å². The highest BCUT2D eigenvalue weighted by molar-refractivity contribution is 4.78. The van der Waals surface area contributed by atoms with E-state index in [1.807, 2.05) is 20.8 Å². The van der Waals surface area contributed by atoms with E-state index in [1.165, 1.54) is 12.8 Å². The number of nitrogens with one attached hydrogen (secondary N) is 1. The standard InChI is InChI=1S/C13H27NO2/c1-11(2)13(3,15)10-14-7-4-8-16-9-12-5-6-12/h11-12,14-15H,4-10H2,1-3H3. The summed E-state index contributed by atoms with van der Waals surface area (Å²) in [5.41, 5.74) is -0.602. The maximum Gasteiger partial charge on any atom is 0.0766 e. The molecule has 1 rings (SSSR count). The number of rotatable bonds is 9. The third kappa shape index (κ3) is 5.83. The van der Waals surface area contributed by atoms with Gasteiger partial charge in [-0.05, 0) is 44.6 Å². The Morgan fingerprint density at radius 3 is 2.69 bits per heavy atom. The molecule has 0 amide bonds. The van der Waals surface area contributed by atoms with Gasteiger partial charge in [-0.1, -0.05) is 13.8 Å². The van der Waals surface area contributed by atoms with Gasteiger partial charge in [0.25, 0.3) is 0 Å². The fourth-order valence-corrected chi connectivity index (χ4v) is 1.38. The lowest BCUT2D eigenvalue weighted by molar-refractivity contribution is 0.0138. The second-order valence-electron chi connectivity index (χ2n) is 5.56. The van der Waals surface area contributed by atoms with Crippen molar-refractivity contribution >= 4 is 0 Å². The van der Waals surface area contributed by atoms with Crippen molar-refractivity contribution in [3.63, 3.8) is 0 Å². The van der Waals surface area contributed by atoms with Crippen LogP contribution in [0.1, 0.15) is 40.0 Å². The molecule has 0 radical (unpaired) electrons. The van der Waals surface area contributed by atoms with E-state index in [-0.39, 0.29) is 5.92 Å². The second-order valence-corrected chi connectivity index (χ2v) is 5.56. The first-order valence-corrected chi connectivity index (χ1v) is 6.53. The molecule has 1 fully saturated rings. The Hall–Kier alpha value is -0.120. The first-order valence-electron chi connectivity index (χ1n) is 6.53. The van der Waals surface area contributed by atoms with Gasteiger partial charge in [-0.15, -0.1) is 0 Å². The highest BCUT2D eigenvalue weighted by Crippen LogP contribution is 2.28. The molecule has 0 aromatic heterocycles. The third-order valence-electron chi connectivity index (χ3n) is 3.42. The minimum Gasteiger partial charge on any atom is -0.389 e. The summed E-state index contributed by atoms with van der Waals surface area (Å²) in [7, 11) is 0. The Kier molecular flexibility index (Phi) is 5.73. The van der Waals surface area contributed by atoms with Crippen molar-refractivity contribution < 1.29 is 9.84 Å². The molecule has 1 saturated carbocycles. The topological polar surface area (TPSA) is 41.5 Å². The summed E-state index contributed by atoms with van der Waals surface area (Å²) >= 11 is 0. The van der Waals surface area contributed by atoms with E-state index >= 15 is 0 Å². The molecule has 0 spiro atoms. The molecule has 0 bridgehead atoms. The average Bonchev–Trinajstić information content (AvgIpc) is 2.99. The van der Waals surface area contributed by atoms with Gasteiger partial charge in [0.2, 0.25) is 0 Å². The van der Waals surface area contributed by atoms with Crippen molar-refractivity contribution in [1.82, 2.24) is 5.32 Å². The molecule has 3 heteroatoms. The predicted molar refractivity (Wildman–Crippen MR) is 66.5 cm³/mol. The van der Waals surface area contributed by atoms with Crippen LogP contribution in [0.4, 0.5) is 0 Å². The summed E-state index contributed by atoms with van der Waals surface area (Å²) in [6.07, 6.45) is 3.74. The Labute approximate surface area is 99.6 Å². The van der Waals surface area contributed by atoms with Gasteiger partial charge < -0.3 is 15.2 Å². The molecular formula is C13H27NO2. The molecule has 0 aliphatic heterocycles. The van der Waals surface area contributed by atoms with Crippen molar-refractivity contribution in [2.75, 3.05) is 26.3 Å². The van der Waals surface area contributed by atoms with Crippen LogP contribution in [-0.4, -0.2) is 37.0 Å². The van der Waals surface area contributed by atoms with Gasteiger partial charge in [0.15, 0.2) is 0 Å². The largest absolute Gasteiger partial charge is 0.389 e. The van der Waals surface area contributed by atoms with E-state index in [4.69, 9.17) is 4.74 Å². The van der Waals surface area contributed by atoms with Gasteiger partial charge >= 0.3 is 0 Å². The summed E-state index contributed by atoms with van der Waals surface area (Å²) < 4.78 is 5.53. The van der Waals surface area contributed by atoms with Crippen LogP contribution in [0, 0.1) is 11.8 Å².